The summed E-state index contributed by atoms with van der Waals surface area (Å²) in [5.74, 6) is -0.127. The number of esters is 1. The maximum atomic E-state index is 12.1. The summed E-state index contributed by atoms with van der Waals surface area (Å²) in [6, 6.07) is 10.6. The molecule has 0 fully saturated rings. The van der Waals surface area contributed by atoms with Crippen LogP contribution in [-0.2, 0) is 16.0 Å². The van der Waals surface area contributed by atoms with Gasteiger partial charge in [-0.15, -0.1) is 0 Å². The van der Waals surface area contributed by atoms with Crippen molar-refractivity contribution in [1.29, 1.82) is 0 Å². The summed E-state index contributed by atoms with van der Waals surface area (Å²) in [6.45, 7) is 14.3. The van der Waals surface area contributed by atoms with Crippen LogP contribution < -0.4 is 0 Å². The number of hydrogen-bond acceptors (Lipinski definition) is 2. The van der Waals surface area contributed by atoms with E-state index < -0.39 is 11.0 Å². The highest BCUT2D eigenvalue weighted by Crippen LogP contribution is 2.32. The van der Waals surface area contributed by atoms with E-state index in [4.69, 9.17) is 4.74 Å². The van der Waals surface area contributed by atoms with Gasteiger partial charge in [-0.05, 0) is 64.9 Å². The maximum Gasteiger partial charge on any atom is 0.311 e. The summed E-state index contributed by atoms with van der Waals surface area (Å²) in [5.41, 5.74) is 0.680. The van der Waals surface area contributed by atoms with Gasteiger partial charge in [0.1, 0.15) is 5.60 Å². The van der Waals surface area contributed by atoms with Gasteiger partial charge in [-0.1, -0.05) is 44.2 Å². The Labute approximate surface area is 136 Å². The number of rotatable bonds is 6. The van der Waals surface area contributed by atoms with Crippen LogP contribution in [0.5, 0.6) is 0 Å². The van der Waals surface area contributed by atoms with Crippen molar-refractivity contribution < 1.29 is 9.53 Å². The molecule has 2 heteroatoms. The van der Waals surface area contributed by atoms with Gasteiger partial charge in [0.05, 0.1) is 5.41 Å². The Hall–Kier alpha value is -1.31. The lowest BCUT2D eigenvalue weighted by molar-refractivity contribution is -0.167. The molecule has 0 aliphatic heterocycles. The van der Waals surface area contributed by atoms with Crippen LogP contribution >= 0.6 is 0 Å². The first-order chi connectivity index (χ1) is 9.91. The summed E-state index contributed by atoms with van der Waals surface area (Å²) in [6.07, 6.45) is 2.93. The predicted molar refractivity (Wildman–Crippen MR) is 92.8 cm³/mol. The SMILES string of the molecule is CC(C)(CCC(C)(C)OC(=O)C(C)(C)C)Cc1ccccc1. The van der Waals surface area contributed by atoms with Crippen molar-refractivity contribution in [1.82, 2.24) is 0 Å². The van der Waals surface area contributed by atoms with E-state index >= 15 is 0 Å². The Balaban J connectivity index is 2.57. The lowest BCUT2D eigenvalue weighted by Crippen LogP contribution is -2.35. The van der Waals surface area contributed by atoms with Gasteiger partial charge >= 0.3 is 5.97 Å². The van der Waals surface area contributed by atoms with Gasteiger partial charge in [0.15, 0.2) is 0 Å². The van der Waals surface area contributed by atoms with Crippen molar-refractivity contribution in [2.75, 3.05) is 0 Å². The Morgan fingerprint density at radius 1 is 0.909 bits per heavy atom. The molecule has 0 amide bonds. The van der Waals surface area contributed by atoms with Crippen LogP contribution in [0.3, 0.4) is 0 Å². The van der Waals surface area contributed by atoms with Crippen LogP contribution in [0.25, 0.3) is 0 Å². The second-order valence-corrected chi connectivity index (χ2v) is 8.73. The molecule has 0 aromatic heterocycles. The highest BCUT2D eigenvalue weighted by molar-refractivity contribution is 5.75. The molecule has 0 heterocycles. The molecule has 0 saturated carbocycles. The molecule has 0 radical (unpaired) electrons. The normalized spacial score (nSPS) is 13.0. The molecular weight excluding hydrogens is 272 g/mol. The third kappa shape index (κ3) is 6.64. The van der Waals surface area contributed by atoms with Gasteiger partial charge in [0.2, 0.25) is 0 Å². The lowest BCUT2D eigenvalue weighted by Gasteiger charge is -2.33. The second-order valence-electron chi connectivity index (χ2n) is 8.73. The third-order valence-electron chi connectivity index (χ3n) is 3.91. The van der Waals surface area contributed by atoms with Gasteiger partial charge in [-0.25, -0.2) is 0 Å². The molecule has 0 atom stereocenters. The van der Waals surface area contributed by atoms with Gasteiger partial charge in [-0.2, -0.15) is 0 Å². The van der Waals surface area contributed by atoms with Crippen molar-refractivity contribution in [3.05, 3.63) is 35.9 Å². The minimum absolute atomic E-state index is 0.127. The van der Waals surface area contributed by atoms with Crippen LogP contribution in [0.4, 0.5) is 0 Å². The Morgan fingerprint density at radius 2 is 1.45 bits per heavy atom. The summed E-state index contributed by atoms with van der Waals surface area (Å²) < 4.78 is 5.71. The first-order valence-corrected chi connectivity index (χ1v) is 8.19. The molecule has 22 heavy (non-hydrogen) atoms. The molecule has 0 aliphatic carbocycles. The molecule has 0 spiro atoms. The zero-order valence-corrected chi connectivity index (χ0v) is 15.3. The summed E-state index contributed by atoms with van der Waals surface area (Å²) in [4.78, 5) is 12.1. The van der Waals surface area contributed by atoms with Crippen molar-refractivity contribution in [2.45, 2.75) is 73.3 Å². The minimum atomic E-state index is -0.448. The molecule has 0 unspecified atom stereocenters. The number of carbonyl (C=O) groups is 1. The topological polar surface area (TPSA) is 26.3 Å². The smallest absolute Gasteiger partial charge is 0.311 e. The highest BCUT2D eigenvalue weighted by Gasteiger charge is 2.32. The molecule has 0 N–H and O–H groups in total. The Kier molecular flexibility index (Phi) is 5.83. The molecular formula is C20H32O2. The molecule has 0 saturated heterocycles. The monoisotopic (exact) mass is 304 g/mol. The Bertz CT molecular complexity index is 478. The maximum absolute atomic E-state index is 12.1. The van der Waals surface area contributed by atoms with E-state index in [1.807, 2.05) is 40.7 Å². The molecule has 124 valence electrons. The van der Waals surface area contributed by atoms with Gasteiger partial charge < -0.3 is 4.74 Å². The zero-order valence-electron chi connectivity index (χ0n) is 15.3. The average molecular weight is 304 g/mol. The van der Waals surface area contributed by atoms with Gasteiger partial charge in [0, 0.05) is 0 Å². The molecule has 2 nitrogen and oxygen atoms in total. The van der Waals surface area contributed by atoms with E-state index in [0.29, 0.717) is 0 Å². The summed E-state index contributed by atoms with van der Waals surface area (Å²) in [5, 5.41) is 0. The fraction of sp³-hybridized carbons (Fsp3) is 0.650. The standard InChI is InChI=1S/C20H32O2/c1-18(2,3)17(21)22-20(6,7)14-13-19(4,5)15-16-11-9-8-10-12-16/h8-12H,13-15H2,1-7H3. The first-order valence-electron chi connectivity index (χ1n) is 8.19. The average Bonchev–Trinajstić information content (AvgIpc) is 2.36. The fourth-order valence-electron chi connectivity index (χ4n) is 2.33. The second kappa shape index (κ2) is 6.85. The van der Waals surface area contributed by atoms with Crippen molar-refractivity contribution in [2.24, 2.45) is 10.8 Å². The number of benzene rings is 1. The van der Waals surface area contributed by atoms with E-state index in [1.54, 1.807) is 0 Å². The van der Waals surface area contributed by atoms with Crippen molar-refractivity contribution >= 4 is 5.97 Å². The summed E-state index contributed by atoms with van der Waals surface area (Å²) in [7, 11) is 0. The first kappa shape index (κ1) is 18.7. The largest absolute Gasteiger partial charge is 0.459 e. The molecule has 0 aliphatic rings. The van der Waals surface area contributed by atoms with E-state index in [-0.39, 0.29) is 11.4 Å². The number of carbonyl (C=O) groups excluding carboxylic acids is 1. The number of ether oxygens (including phenoxy) is 1. The number of hydrogen-bond donors (Lipinski definition) is 0. The minimum Gasteiger partial charge on any atom is -0.459 e. The zero-order chi connectivity index (χ0) is 17.0. The molecule has 1 rings (SSSR count). The van der Waals surface area contributed by atoms with Crippen LogP contribution in [0, 0.1) is 10.8 Å². The van der Waals surface area contributed by atoms with Gasteiger partial charge in [0.25, 0.3) is 0 Å². The fourth-order valence-corrected chi connectivity index (χ4v) is 2.33. The quantitative estimate of drug-likeness (QED) is 0.657. The van der Waals surface area contributed by atoms with Crippen LogP contribution in [-0.4, -0.2) is 11.6 Å². The predicted octanol–water partition coefficient (Wildman–Crippen LogP) is 5.40. The van der Waals surface area contributed by atoms with E-state index in [1.165, 1.54) is 5.56 Å². The summed E-state index contributed by atoms with van der Waals surface area (Å²) >= 11 is 0. The van der Waals surface area contributed by atoms with Crippen LogP contribution in [0.2, 0.25) is 0 Å². The van der Waals surface area contributed by atoms with Crippen molar-refractivity contribution in [3.8, 4) is 0 Å². The van der Waals surface area contributed by atoms with Gasteiger partial charge in [-0.3, -0.25) is 4.79 Å². The molecule has 1 aromatic rings. The lowest BCUT2D eigenvalue weighted by atomic mass is 9.79. The third-order valence-corrected chi connectivity index (χ3v) is 3.91. The van der Waals surface area contributed by atoms with Crippen LogP contribution in [0.1, 0.15) is 66.9 Å². The molecule has 1 aromatic carbocycles. The Morgan fingerprint density at radius 3 is 1.95 bits per heavy atom. The molecule has 0 bridgehead atoms. The highest BCUT2D eigenvalue weighted by atomic mass is 16.6. The van der Waals surface area contributed by atoms with Crippen molar-refractivity contribution in [3.63, 3.8) is 0 Å². The van der Waals surface area contributed by atoms with E-state index in [0.717, 1.165) is 19.3 Å². The van der Waals surface area contributed by atoms with E-state index in [2.05, 4.69) is 38.1 Å². The van der Waals surface area contributed by atoms with E-state index in [9.17, 15) is 4.79 Å². The van der Waals surface area contributed by atoms with Crippen LogP contribution in [0.15, 0.2) is 30.3 Å².